The lowest BCUT2D eigenvalue weighted by atomic mass is 10.1. The van der Waals surface area contributed by atoms with E-state index >= 15 is 0 Å². The van der Waals surface area contributed by atoms with Crippen LogP contribution in [0.5, 0.6) is 11.6 Å². The molecule has 35 heavy (non-hydrogen) atoms. The molecule has 0 atom stereocenters. The van der Waals surface area contributed by atoms with Gasteiger partial charge in [-0.1, -0.05) is 59.1 Å². The number of halogens is 3. The lowest BCUT2D eigenvalue weighted by molar-refractivity contribution is -0.112. The summed E-state index contributed by atoms with van der Waals surface area (Å²) in [6, 6.07) is 16.6. The van der Waals surface area contributed by atoms with Crippen molar-refractivity contribution in [2.24, 2.45) is 0 Å². The van der Waals surface area contributed by atoms with Crippen LogP contribution in [-0.2, 0) is 4.79 Å². The summed E-state index contributed by atoms with van der Waals surface area (Å²) in [7, 11) is 0. The molecule has 7 nitrogen and oxygen atoms in total. The molecule has 0 radical (unpaired) electrons. The van der Waals surface area contributed by atoms with Crippen molar-refractivity contribution < 1.29 is 9.53 Å². The average Bonchev–Trinajstić information content (AvgIpc) is 2.84. The van der Waals surface area contributed by atoms with E-state index in [9.17, 15) is 14.9 Å². The molecule has 10 heteroatoms. The number of anilines is 1. The fourth-order valence-electron chi connectivity index (χ4n) is 3.21. The molecule has 1 amide bonds. The van der Waals surface area contributed by atoms with Crippen molar-refractivity contribution in [3.05, 3.63) is 103 Å². The Kier molecular flexibility index (Phi) is 7.08. The third kappa shape index (κ3) is 5.00. The number of pyridine rings is 1. The van der Waals surface area contributed by atoms with Gasteiger partial charge in [-0.25, -0.2) is 0 Å². The molecule has 0 aliphatic rings. The maximum Gasteiger partial charge on any atom is 0.269 e. The summed E-state index contributed by atoms with van der Waals surface area (Å²) in [6.07, 6.45) is 2.65. The summed E-state index contributed by atoms with van der Waals surface area (Å²) in [6.45, 7) is 1.79. The van der Waals surface area contributed by atoms with Crippen LogP contribution in [0, 0.1) is 18.3 Å². The Hall–Kier alpha value is -3.83. The molecule has 0 unspecified atom stereocenters. The van der Waals surface area contributed by atoms with Crippen LogP contribution in [-0.4, -0.2) is 15.3 Å². The van der Waals surface area contributed by atoms with Gasteiger partial charge in [-0.2, -0.15) is 10.2 Å². The number of ether oxygens (including phenoxy) is 1. The Morgan fingerprint density at radius 2 is 1.83 bits per heavy atom. The van der Waals surface area contributed by atoms with Crippen LogP contribution >= 0.6 is 34.8 Å². The number of para-hydroxylation sites is 1. The number of nitrogens with zero attached hydrogens (tertiary/aromatic N) is 3. The zero-order chi connectivity index (χ0) is 25.1. The quantitative estimate of drug-likeness (QED) is 0.244. The van der Waals surface area contributed by atoms with Crippen LogP contribution in [0.4, 0.5) is 5.69 Å². The number of aromatic nitrogens is 2. The van der Waals surface area contributed by atoms with Crippen molar-refractivity contribution >= 4 is 58.1 Å². The molecule has 2 aromatic carbocycles. The Morgan fingerprint density at radius 3 is 2.57 bits per heavy atom. The van der Waals surface area contributed by atoms with Crippen LogP contribution in [0.25, 0.3) is 11.7 Å². The van der Waals surface area contributed by atoms with Gasteiger partial charge in [-0.15, -0.1) is 0 Å². The van der Waals surface area contributed by atoms with Crippen LogP contribution in [0.1, 0.15) is 11.1 Å². The van der Waals surface area contributed by atoms with Crippen LogP contribution in [0.15, 0.2) is 71.2 Å². The molecule has 174 valence electrons. The Balaban J connectivity index is 1.86. The first-order valence-corrected chi connectivity index (χ1v) is 11.2. The van der Waals surface area contributed by atoms with Crippen LogP contribution < -0.4 is 15.6 Å². The Labute approximate surface area is 214 Å². The number of amides is 1. The van der Waals surface area contributed by atoms with E-state index in [1.54, 1.807) is 55.5 Å². The smallest absolute Gasteiger partial charge is 0.269 e. The first-order valence-electron chi connectivity index (χ1n) is 10.1. The predicted octanol–water partition coefficient (Wildman–Crippen LogP) is 6.30. The van der Waals surface area contributed by atoms with Crippen molar-refractivity contribution in [3.8, 4) is 17.7 Å². The minimum atomic E-state index is -0.797. The molecule has 4 rings (SSSR count). The van der Waals surface area contributed by atoms with E-state index < -0.39 is 11.5 Å². The summed E-state index contributed by atoms with van der Waals surface area (Å²) in [5, 5.41) is 12.9. The molecule has 2 heterocycles. The first kappa shape index (κ1) is 24.3. The fourth-order valence-corrected chi connectivity index (χ4v) is 3.73. The van der Waals surface area contributed by atoms with Gasteiger partial charge in [0.15, 0.2) is 0 Å². The summed E-state index contributed by atoms with van der Waals surface area (Å²) in [5.41, 5.74) is 0.251. The zero-order valence-electron chi connectivity index (χ0n) is 18.1. The van der Waals surface area contributed by atoms with E-state index in [0.29, 0.717) is 10.7 Å². The molecule has 0 bridgehead atoms. The second kappa shape index (κ2) is 10.2. The minimum Gasteiger partial charge on any atom is -0.437 e. The van der Waals surface area contributed by atoms with Crippen molar-refractivity contribution in [3.63, 3.8) is 0 Å². The Bertz CT molecular complexity index is 1610. The van der Waals surface area contributed by atoms with Crippen molar-refractivity contribution in [1.82, 2.24) is 9.38 Å². The van der Waals surface area contributed by atoms with E-state index in [4.69, 9.17) is 39.5 Å². The monoisotopic (exact) mass is 524 g/mol. The lowest BCUT2D eigenvalue weighted by Gasteiger charge is -2.12. The number of carbonyl (C=O) groups excluding carboxylic acids is 1. The third-order valence-electron chi connectivity index (χ3n) is 4.95. The molecule has 0 fully saturated rings. The number of nitriles is 1. The van der Waals surface area contributed by atoms with Gasteiger partial charge < -0.3 is 10.1 Å². The van der Waals surface area contributed by atoms with E-state index in [1.165, 1.54) is 16.7 Å². The van der Waals surface area contributed by atoms with Crippen LogP contribution in [0.3, 0.4) is 0 Å². The molecule has 0 saturated heterocycles. The molecule has 0 aliphatic carbocycles. The second-order valence-electron chi connectivity index (χ2n) is 7.28. The first-order chi connectivity index (χ1) is 16.8. The lowest BCUT2D eigenvalue weighted by Crippen LogP contribution is -2.20. The standard InChI is InChI=1S/C25H15Cl3N4O3/c1-14-6-5-11-32-22(14)31-24(35-20-10-3-2-7-17(20)26)16(25(32)34)12-15(13-29)23(33)30-19-9-4-8-18(27)21(19)28/h2-12H,1H3,(H,30,33)/b15-12-. The highest BCUT2D eigenvalue weighted by Gasteiger charge is 2.19. The third-order valence-corrected chi connectivity index (χ3v) is 6.08. The predicted molar refractivity (Wildman–Crippen MR) is 136 cm³/mol. The second-order valence-corrected chi connectivity index (χ2v) is 8.47. The van der Waals surface area contributed by atoms with E-state index in [1.807, 2.05) is 6.07 Å². The summed E-state index contributed by atoms with van der Waals surface area (Å²) >= 11 is 18.4. The largest absolute Gasteiger partial charge is 0.437 e. The summed E-state index contributed by atoms with van der Waals surface area (Å²) in [4.78, 5) is 30.7. The molecule has 1 N–H and O–H groups in total. The van der Waals surface area contributed by atoms with Gasteiger partial charge in [-0.05, 0) is 48.9 Å². The molecular weight excluding hydrogens is 511 g/mol. The van der Waals surface area contributed by atoms with Gasteiger partial charge in [0, 0.05) is 6.20 Å². The van der Waals surface area contributed by atoms with Gasteiger partial charge in [0.25, 0.3) is 11.5 Å². The normalized spacial score (nSPS) is 11.2. The maximum absolute atomic E-state index is 13.4. The zero-order valence-corrected chi connectivity index (χ0v) is 20.3. The maximum atomic E-state index is 13.4. The number of hydrogen-bond acceptors (Lipinski definition) is 5. The highest BCUT2D eigenvalue weighted by molar-refractivity contribution is 6.44. The average molecular weight is 526 g/mol. The SMILES string of the molecule is Cc1cccn2c(=O)c(/C=C(/C#N)C(=O)Nc3cccc(Cl)c3Cl)c(Oc3ccccc3Cl)nc12. The fraction of sp³-hybridized carbons (Fsp3) is 0.0400. The minimum absolute atomic E-state index is 0.112. The highest BCUT2D eigenvalue weighted by atomic mass is 35.5. The van der Waals surface area contributed by atoms with E-state index in [-0.39, 0.29) is 38.5 Å². The van der Waals surface area contributed by atoms with E-state index in [2.05, 4.69) is 10.3 Å². The molecule has 2 aromatic heterocycles. The molecule has 4 aromatic rings. The number of nitrogens with one attached hydrogen (secondary N) is 1. The van der Waals surface area contributed by atoms with Gasteiger partial charge >= 0.3 is 0 Å². The van der Waals surface area contributed by atoms with Gasteiger partial charge in [0.1, 0.15) is 28.6 Å². The number of aryl methyl sites for hydroxylation is 1. The van der Waals surface area contributed by atoms with Gasteiger partial charge in [0.2, 0.25) is 5.88 Å². The topological polar surface area (TPSA) is 96.5 Å². The van der Waals surface area contributed by atoms with Crippen molar-refractivity contribution in [2.75, 3.05) is 5.32 Å². The Morgan fingerprint density at radius 1 is 1.09 bits per heavy atom. The number of rotatable bonds is 5. The number of hydrogen-bond donors (Lipinski definition) is 1. The number of carbonyl (C=O) groups is 1. The van der Waals surface area contributed by atoms with Crippen molar-refractivity contribution in [1.29, 1.82) is 5.26 Å². The molecular formula is C25H15Cl3N4O3. The van der Waals surface area contributed by atoms with Crippen molar-refractivity contribution in [2.45, 2.75) is 6.92 Å². The molecule has 0 aliphatic heterocycles. The number of fused-ring (bicyclic) bond motifs is 1. The summed E-state index contributed by atoms with van der Waals surface area (Å²) < 4.78 is 7.19. The van der Waals surface area contributed by atoms with Gasteiger partial charge in [-0.3, -0.25) is 14.0 Å². The summed E-state index contributed by atoms with van der Waals surface area (Å²) in [5.74, 6) is -0.657. The molecule has 0 spiro atoms. The highest BCUT2D eigenvalue weighted by Crippen LogP contribution is 2.31. The molecule has 0 saturated carbocycles. The number of benzene rings is 2. The van der Waals surface area contributed by atoms with Crippen LogP contribution in [0.2, 0.25) is 15.1 Å². The van der Waals surface area contributed by atoms with Gasteiger partial charge in [0.05, 0.1) is 20.8 Å². The van der Waals surface area contributed by atoms with E-state index in [0.717, 1.165) is 11.6 Å².